The number of sulfonamides is 1. The van der Waals surface area contributed by atoms with E-state index in [2.05, 4.69) is 9.71 Å². The first-order chi connectivity index (χ1) is 11.0. The average molecular weight is 335 g/mol. The van der Waals surface area contributed by atoms with Gasteiger partial charge in [0.15, 0.2) is 11.9 Å². The summed E-state index contributed by atoms with van der Waals surface area (Å²) < 4.78 is 33.7. The van der Waals surface area contributed by atoms with Crippen molar-refractivity contribution in [1.29, 1.82) is 0 Å². The average Bonchev–Trinajstić information content (AvgIpc) is 3.32. The zero-order valence-electron chi connectivity index (χ0n) is 12.4. The van der Waals surface area contributed by atoms with Crippen molar-refractivity contribution >= 4 is 21.8 Å². The zero-order chi connectivity index (χ0) is 16.0. The van der Waals surface area contributed by atoms with Crippen LogP contribution in [0.15, 0.2) is 33.6 Å². The number of hydrogen-bond acceptors (Lipinski definition) is 5. The van der Waals surface area contributed by atoms with Crippen molar-refractivity contribution in [2.45, 2.75) is 29.9 Å². The second-order valence-corrected chi connectivity index (χ2v) is 7.55. The highest BCUT2D eigenvalue weighted by atomic mass is 32.2. The van der Waals surface area contributed by atoms with E-state index in [-0.39, 0.29) is 16.8 Å². The molecular formula is C15H17N3O4S. The summed E-state index contributed by atoms with van der Waals surface area (Å²) in [5.74, 6) is 0.278. The van der Waals surface area contributed by atoms with E-state index in [0.717, 1.165) is 12.8 Å². The third kappa shape index (κ3) is 2.72. The second kappa shape index (κ2) is 5.31. The molecule has 1 N–H and O–H groups in total. The SMILES string of the molecule is O=C(NC1CC1)C1CN(C2=NS(=O)(=O)c3ccccc32)CCO1. The van der Waals surface area contributed by atoms with Gasteiger partial charge in [0.1, 0.15) is 4.90 Å². The Bertz CT molecular complexity index is 786. The molecule has 1 saturated carbocycles. The van der Waals surface area contributed by atoms with Gasteiger partial charge in [0.05, 0.1) is 13.2 Å². The van der Waals surface area contributed by atoms with Crippen LogP contribution in [0.25, 0.3) is 0 Å². The van der Waals surface area contributed by atoms with Crippen LogP contribution in [-0.2, 0) is 19.6 Å². The molecule has 7 nitrogen and oxygen atoms in total. The third-order valence-electron chi connectivity index (χ3n) is 4.19. The number of nitrogens with zero attached hydrogens (tertiary/aromatic N) is 2. The first-order valence-corrected chi connectivity index (χ1v) is 9.10. The molecule has 0 aromatic heterocycles. The van der Waals surface area contributed by atoms with Gasteiger partial charge >= 0.3 is 0 Å². The van der Waals surface area contributed by atoms with Crippen molar-refractivity contribution in [2.75, 3.05) is 19.7 Å². The fourth-order valence-electron chi connectivity index (χ4n) is 2.84. The Kier molecular flexibility index (Phi) is 3.38. The second-order valence-electron chi connectivity index (χ2n) is 5.97. The Balaban J connectivity index is 1.57. The highest BCUT2D eigenvalue weighted by Crippen LogP contribution is 2.28. The quantitative estimate of drug-likeness (QED) is 0.829. The minimum Gasteiger partial charge on any atom is -0.365 e. The van der Waals surface area contributed by atoms with Crippen LogP contribution in [0.2, 0.25) is 0 Å². The van der Waals surface area contributed by atoms with Crippen LogP contribution in [0.1, 0.15) is 18.4 Å². The number of fused-ring (bicyclic) bond motifs is 1. The van der Waals surface area contributed by atoms with E-state index in [1.807, 2.05) is 4.90 Å². The maximum atomic E-state index is 12.2. The Morgan fingerprint density at radius 2 is 2.09 bits per heavy atom. The van der Waals surface area contributed by atoms with Crippen molar-refractivity contribution < 1.29 is 17.9 Å². The number of benzene rings is 1. The normalized spacial score (nSPS) is 25.7. The summed E-state index contributed by atoms with van der Waals surface area (Å²) in [6.45, 7) is 1.18. The van der Waals surface area contributed by atoms with Crippen LogP contribution < -0.4 is 5.32 Å². The van der Waals surface area contributed by atoms with Crippen molar-refractivity contribution in [3.05, 3.63) is 29.8 Å². The fourth-order valence-corrected chi connectivity index (χ4v) is 4.07. The molecular weight excluding hydrogens is 318 g/mol. The summed E-state index contributed by atoms with van der Waals surface area (Å²) in [5, 5.41) is 2.92. The molecule has 4 rings (SSSR count). The number of carbonyl (C=O) groups is 1. The molecule has 2 fully saturated rings. The van der Waals surface area contributed by atoms with Gasteiger partial charge in [-0.3, -0.25) is 4.79 Å². The Morgan fingerprint density at radius 3 is 2.87 bits per heavy atom. The highest BCUT2D eigenvalue weighted by Gasteiger charge is 2.36. The minimum absolute atomic E-state index is 0.132. The van der Waals surface area contributed by atoms with Crippen LogP contribution >= 0.6 is 0 Å². The lowest BCUT2D eigenvalue weighted by molar-refractivity contribution is -0.136. The molecule has 1 unspecified atom stereocenters. The predicted molar refractivity (Wildman–Crippen MR) is 82.6 cm³/mol. The molecule has 8 heteroatoms. The van der Waals surface area contributed by atoms with Crippen LogP contribution in [-0.4, -0.2) is 56.9 Å². The molecule has 0 spiro atoms. The molecule has 1 aromatic carbocycles. The van der Waals surface area contributed by atoms with Gasteiger partial charge in [-0.15, -0.1) is 4.40 Å². The zero-order valence-corrected chi connectivity index (χ0v) is 13.3. The van der Waals surface area contributed by atoms with Crippen molar-refractivity contribution in [3.63, 3.8) is 0 Å². The van der Waals surface area contributed by atoms with E-state index in [0.29, 0.717) is 31.1 Å². The molecule has 122 valence electrons. The molecule has 1 amide bonds. The van der Waals surface area contributed by atoms with E-state index in [1.54, 1.807) is 24.3 Å². The Hall–Kier alpha value is -1.93. The highest BCUT2D eigenvalue weighted by molar-refractivity contribution is 7.90. The van der Waals surface area contributed by atoms with E-state index < -0.39 is 16.1 Å². The monoisotopic (exact) mass is 335 g/mol. The van der Waals surface area contributed by atoms with Gasteiger partial charge in [0.25, 0.3) is 15.9 Å². The van der Waals surface area contributed by atoms with Crippen LogP contribution in [0, 0.1) is 0 Å². The molecule has 23 heavy (non-hydrogen) atoms. The lowest BCUT2D eigenvalue weighted by Gasteiger charge is -2.33. The van der Waals surface area contributed by atoms with Gasteiger partial charge < -0.3 is 15.0 Å². The molecule has 2 aliphatic heterocycles. The van der Waals surface area contributed by atoms with Gasteiger partial charge in [-0.2, -0.15) is 8.42 Å². The smallest absolute Gasteiger partial charge is 0.285 e. The van der Waals surface area contributed by atoms with Gasteiger partial charge in [0, 0.05) is 18.2 Å². The van der Waals surface area contributed by atoms with Crippen LogP contribution in [0.5, 0.6) is 0 Å². The van der Waals surface area contributed by atoms with Gasteiger partial charge in [0.2, 0.25) is 0 Å². The summed E-state index contributed by atoms with van der Waals surface area (Å²) in [6.07, 6.45) is 1.43. The molecule has 1 saturated heterocycles. The standard InChI is InChI=1S/C15H17N3O4S/c19-15(16-10-5-6-10)12-9-18(7-8-22-12)14-11-3-1-2-4-13(11)23(20,21)17-14/h1-4,10,12H,5-9H2,(H,16,19). The number of morpholine rings is 1. The summed E-state index contributed by atoms with van der Waals surface area (Å²) >= 11 is 0. The van der Waals surface area contributed by atoms with E-state index in [1.165, 1.54) is 0 Å². The number of nitrogens with one attached hydrogen (secondary N) is 1. The van der Waals surface area contributed by atoms with Gasteiger partial charge in [-0.05, 0) is 25.0 Å². The van der Waals surface area contributed by atoms with Crippen molar-refractivity contribution in [2.24, 2.45) is 4.40 Å². The predicted octanol–water partition coefficient (Wildman–Crippen LogP) is 0.115. The summed E-state index contributed by atoms with van der Waals surface area (Å²) in [7, 11) is -3.65. The number of carbonyl (C=O) groups excluding carboxylic acids is 1. The van der Waals surface area contributed by atoms with Crippen LogP contribution in [0.3, 0.4) is 0 Å². The molecule has 1 atom stereocenters. The molecule has 2 heterocycles. The first kappa shape index (κ1) is 14.6. The van der Waals surface area contributed by atoms with Gasteiger partial charge in [-0.1, -0.05) is 12.1 Å². The molecule has 1 aromatic rings. The number of ether oxygens (including phenoxy) is 1. The molecule has 0 bridgehead atoms. The molecule has 1 aliphatic carbocycles. The Labute approximate surface area is 134 Å². The van der Waals surface area contributed by atoms with E-state index in [9.17, 15) is 13.2 Å². The lowest BCUT2D eigenvalue weighted by Crippen LogP contribution is -2.52. The summed E-state index contributed by atoms with van der Waals surface area (Å²) in [4.78, 5) is 14.2. The number of rotatable bonds is 2. The molecule has 3 aliphatic rings. The number of amides is 1. The maximum absolute atomic E-state index is 12.2. The number of hydrogen-bond donors (Lipinski definition) is 1. The topological polar surface area (TPSA) is 88.1 Å². The Morgan fingerprint density at radius 1 is 1.30 bits per heavy atom. The number of amidine groups is 1. The van der Waals surface area contributed by atoms with Crippen molar-refractivity contribution in [3.8, 4) is 0 Å². The lowest BCUT2D eigenvalue weighted by atomic mass is 10.1. The van der Waals surface area contributed by atoms with Crippen LogP contribution in [0.4, 0.5) is 0 Å². The fraction of sp³-hybridized carbons (Fsp3) is 0.467. The maximum Gasteiger partial charge on any atom is 0.285 e. The summed E-state index contributed by atoms with van der Waals surface area (Å²) in [6, 6.07) is 7.03. The minimum atomic E-state index is -3.65. The first-order valence-electron chi connectivity index (χ1n) is 7.66. The largest absolute Gasteiger partial charge is 0.365 e. The molecule has 0 radical (unpaired) electrons. The van der Waals surface area contributed by atoms with E-state index >= 15 is 0 Å². The van der Waals surface area contributed by atoms with E-state index in [4.69, 9.17) is 4.74 Å². The summed E-state index contributed by atoms with van der Waals surface area (Å²) in [5.41, 5.74) is 0.593. The van der Waals surface area contributed by atoms with Gasteiger partial charge in [-0.25, -0.2) is 0 Å². The third-order valence-corrected chi connectivity index (χ3v) is 5.52. The van der Waals surface area contributed by atoms with Crippen molar-refractivity contribution in [1.82, 2.24) is 10.2 Å².